The van der Waals surface area contributed by atoms with Gasteiger partial charge in [0.05, 0.1) is 0 Å². The summed E-state index contributed by atoms with van der Waals surface area (Å²) in [5.74, 6) is 1.21. The van der Waals surface area contributed by atoms with Crippen LogP contribution in [0.4, 0.5) is 5.95 Å². The van der Waals surface area contributed by atoms with E-state index < -0.39 is 0 Å². The van der Waals surface area contributed by atoms with Crippen molar-refractivity contribution in [3.05, 3.63) is 29.8 Å². The number of ether oxygens (including phenoxy) is 1. The molecule has 1 aromatic heterocycles. The maximum atomic E-state index is 12.0. The molecular formula is C15H20N6O2. The first-order valence-corrected chi connectivity index (χ1v) is 7.78. The van der Waals surface area contributed by atoms with Crippen LogP contribution in [-0.4, -0.2) is 51.1 Å². The molecule has 0 saturated carbocycles. The van der Waals surface area contributed by atoms with Crippen LogP contribution in [0.1, 0.15) is 24.8 Å². The van der Waals surface area contributed by atoms with Gasteiger partial charge in [0.15, 0.2) is 6.61 Å². The number of benzene rings is 1. The fraction of sp³-hybridized carbons (Fsp3) is 0.467. The predicted molar refractivity (Wildman–Crippen MR) is 83.9 cm³/mol. The van der Waals surface area contributed by atoms with Gasteiger partial charge in [0.1, 0.15) is 5.75 Å². The van der Waals surface area contributed by atoms with E-state index in [1.165, 1.54) is 6.42 Å². The molecule has 8 heteroatoms. The number of piperidine rings is 1. The summed E-state index contributed by atoms with van der Waals surface area (Å²) in [5, 5.41) is 16.5. The Bertz CT molecular complexity index is 607. The van der Waals surface area contributed by atoms with Gasteiger partial charge in [-0.25, -0.2) is 0 Å². The molecule has 2 heterocycles. The van der Waals surface area contributed by atoms with Crippen LogP contribution >= 0.6 is 0 Å². The zero-order chi connectivity index (χ0) is 15.9. The lowest BCUT2D eigenvalue weighted by molar-refractivity contribution is -0.134. The molecule has 1 saturated heterocycles. The Kier molecular flexibility index (Phi) is 5.02. The van der Waals surface area contributed by atoms with E-state index in [0.29, 0.717) is 18.2 Å². The highest BCUT2D eigenvalue weighted by Gasteiger charge is 2.16. The number of amides is 1. The number of hydrogen-bond donors (Lipinski definition) is 2. The fourth-order valence-electron chi connectivity index (χ4n) is 2.50. The van der Waals surface area contributed by atoms with Gasteiger partial charge in [-0.1, -0.05) is 17.2 Å². The number of H-pyrrole nitrogens is 1. The monoisotopic (exact) mass is 316 g/mol. The predicted octanol–water partition coefficient (Wildman–Crippen LogP) is 1.20. The van der Waals surface area contributed by atoms with Crippen molar-refractivity contribution in [2.24, 2.45) is 0 Å². The third-order valence-electron chi connectivity index (χ3n) is 3.79. The molecule has 0 atom stereocenters. The van der Waals surface area contributed by atoms with E-state index >= 15 is 0 Å². The SMILES string of the molecule is O=C(COc1ccc(CNc2nn[nH]n2)cc1)N1CCCCC1. The summed E-state index contributed by atoms with van der Waals surface area (Å²) < 4.78 is 5.58. The average molecular weight is 316 g/mol. The highest BCUT2D eigenvalue weighted by Crippen LogP contribution is 2.14. The van der Waals surface area contributed by atoms with Crippen molar-refractivity contribution in [3.63, 3.8) is 0 Å². The van der Waals surface area contributed by atoms with Crippen LogP contribution in [0.5, 0.6) is 5.75 Å². The lowest BCUT2D eigenvalue weighted by Crippen LogP contribution is -2.38. The van der Waals surface area contributed by atoms with E-state index in [2.05, 4.69) is 25.9 Å². The Balaban J connectivity index is 1.44. The minimum Gasteiger partial charge on any atom is -0.484 e. The molecular weight excluding hydrogens is 296 g/mol. The van der Waals surface area contributed by atoms with Gasteiger partial charge in [-0.3, -0.25) is 4.79 Å². The molecule has 0 radical (unpaired) electrons. The van der Waals surface area contributed by atoms with Gasteiger partial charge in [0.25, 0.3) is 11.9 Å². The smallest absolute Gasteiger partial charge is 0.263 e. The minimum absolute atomic E-state index is 0.0625. The van der Waals surface area contributed by atoms with E-state index in [-0.39, 0.29) is 12.5 Å². The van der Waals surface area contributed by atoms with Crippen molar-refractivity contribution in [2.75, 3.05) is 25.0 Å². The summed E-state index contributed by atoms with van der Waals surface area (Å²) >= 11 is 0. The highest BCUT2D eigenvalue weighted by molar-refractivity contribution is 5.77. The third-order valence-corrected chi connectivity index (χ3v) is 3.79. The van der Waals surface area contributed by atoms with Crippen LogP contribution < -0.4 is 10.1 Å². The van der Waals surface area contributed by atoms with Crippen LogP contribution in [0.3, 0.4) is 0 Å². The molecule has 122 valence electrons. The van der Waals surface area contributed by atoms with Crippen molar-refractivity contribution in [3.8, 4) is 5.75 Å². The highest BCUT2D eigenvalue weighted by atomic mass is 16.5. The third kappa shape index (κ3) is 4.41. The molecule has 0 spiro atoms. The molecule has 1 aromatic carbocycles. The average Bonchev–Trinajstić information content (AvgIpc) is 3.13. The summed E-state index contributed by atoms with van der Waals surface area (Å²) in [6.45, 7) is 2.39. The molecule has 2 N–H and O–H groups in total. The lowest BCUT2D eigenvalue weighted by Gasteiger charge is -2.26. The number of aromatic nitrogens is 4. The topological polar surface area (TPSA) is 96.0 Å². The summed E-state index contributed by atoms with van der Waals surface area (Å²) in [7, 11) is 0. The molecule has 1 amide bonds. The summed E-state index contributed by atoms with van der Waals surface area (Å²) in [5.41, 5.74) is 1.06. The quantitative estimate of drug-likeness (QED) is 0.831. The first-order valence-electron chi connectivity index (χ1n) is 7.78. The van der Waals surface area contributed by atoms with Crippen molar-refractivity contribution in [1.82, 2.24) is 25.5 Å². The summed E-state index contributed by atoms with van der Waals surface area (Å²) in [4.78, 5) is 13.9. The van der Waals surface area contributed by atoms with Gasteiger partial charge in [-0.15, -0.1) is 5.10 Å². The Labute approximate surface area is 134 Å². The van der Waals surface area contributed by atoms with Crippen LogP contribution in [0.25, 0.3) is 0 Å². The normalized spacial score (nSPS) is 14.5. The second-order valence-electron chi connectivity index (χ2n) is 5.46. The Hall–Kier alpha value is -2.64. The van der Waals surface area contributed by atoms with Crippen LogP contribution in [0.2, 0.25) is 0 Å². The van der Waals surface area contributed by atoms with E-state index in [9.17, 15) is 4.79 Å². The second kappa shape index (κ2) is 7.57. The number of rotatable bonds is 6. The summed E-state index contributed by atoms with van der Waals surface area (Å²) in [6, 6.07) is 7.59. The standard InChI is InChI=1S/C15H20N6O2/c22-14(21-8-2-1-3-9-21)11-23-13-6-4-12(5-7-13)10-16-15-17-19-20-18-15/h4-7H,1-3,8-11H2,(H2,16,17,18,19,20). The van der Waals surface area contributed by atoms with Gasteiger partial charge >= 0.3 is 0 Å². The van der Waals surface area contributed by atoms with Crippen molar-refractivity contribution in [1.29, 1.82) is 0 Å². The van der Waals surface area contributed by atoms with Crippen LogP contribution in [0.15, 0.2) is 24.3 Å². The van der Waals surface area contributed by atoms with Crippen molar-refractivity contribution < 1.29 is 9.53 Å². The Morgan fingerprint density at radius 3 is 2.70 bits per heavy atom. The van der Waals surface area contributed by atoms with Crippen molar-refractivity contribution >= 4 is 11.9 Å². The molecule has 0 bridgehead atoms. The number of tetrazole rings is 1. The summed E-state index contributed by atoms with van der Waals surface area (Å²) in [6.07, 6.45) is 3.39. The zero-order valence-corrected chi connectivity index (χ0v) is 12.9. The number of nitrogens with zero attached hydrogens (tertiary/aromatic N) is 4. The largest absolute Gasteiger partial charge is 0.484 e. The maximum absolute atomic E-state index is 12.0. The van der Waals surface area contributed by atoms with Gasteiger partial charge in [0.2, 0.25) is 0 Å². The van der Waals surface area contributed by atoms with E-state index in [0.717, 1.165) is 31.5 Å². The number of carbonyl (C=O) groups excluding carboxylic acids is 1. The molecule has 8 nitrogen and oxygen atoms in total. The van der Waals surface area contributed by atoms with Crippen LogP contribution in [0, 0.1) is 0 Å². The molecule has 1 fully saturated rings. The number of likely N-dealkylation sites (tertiary alicyclic amines) is 1. The molecule has 1 aliphatic rings. The zero-order valence-electron chi connectivity index (χ0n) is 12.9. The molecule has 1 aliphatic heterocycles. The Morgan fingerprint density at radius 1 is 1.22 bits per heavy atom. The van der Waals surface area contributed by atoms with Gasteiger partial charge < -0.3 is 15.0 Å². The number of anilines is 1. The van der Waals surface area contributed by atoms with Crippen LogP contribution in [-0.2, 0) is 11.3 Å². The fourth-order valence-corrected chi connectivity index (χ4v) is 2.50. The van der Waals surface area contributed by atoms with E-state index in [1.54, 1.807) is 0 Å². The number of carbonyl (C=O) groups is 1. The number of nitrogens with one attached hydrogen (secondary N) is 2. The number of aromatic amines is 1. The first-order chi connectivity index (χ1) is 11.3. The molecule has 0 aliphatic carbocycles. The molecule has 0 unspecified atom stereocenters. The molecule has 2 aromatic rings. The Morgan fingerprint density at radius 2 is 2.00 bits per heavy atom. The van der Waals surface area contributed by atoms with E-state index in [1.807, 2.05) is 29.2 Å². The molecule has 23 heavy (non-hydrogen) atoms. The second-order valence-corrected chi connectivity index (χ2v) is 5.46. The first kappa shape index (κ1) is 15.3. The van der Waals surface area contributed by atoms with Gasteiger partial charge in [0, 0.05) is 19.6 Å². The van der Waals surface area contributed by atoms with E-state index in [4.69, 9.17) is 4.74 Å². The molecule has 3 rings (SSSR count). The van der Waals surface area contributed by atoms with Crippen molar-refractivity contribution in [2.45, 2.75) is 25.8 Å². The maximum Gasteiger partial charge on any atom is 0.263 e. The minimum atomic E-state index is 0.0625. The number of hydrogen-bond acceptors (Lipinski definition) is 6. The lowest BCUT2D eigenvalue weighted by atomic mass is 10.1. The van der Waals surface area contributed by atoms with Gasteiger partial charge in [-0.05, 0) is 42.2 Å². The van der Waals surface area contributed by atoms with Gasteiger partial charge in [-0.2, -0.15) is 5.21 Å².